The Morgan fingerprint density at radius 2 is 1.92 bits per heavy atom. The number of carbonyl (C=O) groups is 2. The standard InChI is InChI=1S/C19H17BrClN3O2/c20-14-6-7-17(15(21)12-14)22-18(25)8-9-19(26)24-11-10-16(23-24)13-4-2-1-3-5-13/h1-7,12H,8-11H2,(H,22,25). The Balaban J connectivity index is 1.52. The summed E-state index contributed by atoms with van der Waals surface area (Å²) in [5.41, 5.74) is 2.44. The van der Waals surface area contributed by atoms with Gasteiger partial charge in [0.2, 0.25) is 11.8 Å². The molecule has 0 aliphatic carbocycles. The molecule has 2 aromatic carbocycles. The quantitative estimate of drug-likeness (QED) is 0.755. The number of anilines is 1. The lowest BCUT2D eigenvalue weighted by Crippen LogP contribution is -2.25. The number of benzene rings is 2. The average molecular weight is 435 g/mol. The number of nitrogens with one attached hydrogen (secondary N) is 1. The minimum Gasteiger partial charge on any atom is -0.325 e. The molecule has 7 heteroatoms. The van der Waals surface area contributed by atoms with Gasteiger partial charge < -0.3 is 5.32 Å². The first kappa shape index (κ1) is 18.6. The van der Waals surface area contributed by atoms with Crippen molar-refractivity contribution >= 4 is 50.7 Å². The van der Waals surface area contributed by atoms with E-state index in [4.69, 9.17) is 11.6 Å². The normalized spacial score (nSPS) is 13.5. The van der Waals surface area contributed by atoms with E-state index >= 15 is 0 Å². The zero-order valence-corrected chi connectivity index (χ0v) is 16.3. The second-order valence-corrected chi connectivity index (χ2v) is 7.17. The van der Waals surface area contributed by atoms with Gasteiger partial charge >= 0.3 is 0 Å². The summed E-state index contributed by atoms with van der Waals surface area (Å²) in [7, 11) is 0. The molecule has 0 saturated heterocycles. The van der Waals surface area contributed by atoms with Crippen LogP contribution in [0.5, 0.6) is 0 Å². The highest BCUT2D eigenvalue weighted by Crippen LogP contribution is 2.25. The summed E-state index contributed by atoms with van der Waals surface area (Å²) in [5.74, 6) is -0.415. The first-order valence-corrected chi connectivity index (χ1v) is 9.38. The van der Waals surface area contributed by atoms with Gasteiger partial charge in [0.25, 0.3) is 0 Å². The summed E-state index contributed by atoms with van der Waals surface area (Å²) in [4.78, 5) is 24.4. The highest BCUT2D eigenvalue weighted by Gasteiger charge is 2.22. The van der Waals surface area contributed by atoms with Crippen LogP contribution in [0.25, 0.3) is 0 Å². The first-order valence-electron chi connectivity index (χ1n) is 8.21. The van der Waals surface area contributed by atoms with Gasteiger partial charge in [-0.15, -0.1) is 0 Å². The third-order valence-corrected chi connectivity index (χ3v) is 4.77. The molecule has 2 amide bonds. The van der Waals surface area contributed by atoms with Gasteiger partial charge in [0.1, 0.15) is 0 Å². The Hall–Kier alpha value is -2.18. The van der Waals surface area contributed by atoms with E-state index in [9.17, 15) is 9.59 Å². The number of hydrogen-bond donors (Lipinski definition) is 1. The van der Waals surface area contributed by atoms with Crippen LogP contribution in [-0.2, 0) is 9.59 Å². The number of hydrazone groups is 1. The van der Waals surface area contributed by atoms with Crippen LogP contribution in [0.3, 0.4) is 0 Å². The maximum absolute atomic E-state index is 12.3. The molecule has 1 aliphatic heterocycles. The Kier molecular flexibility index (Phi) is 6.06. The summed E-state index contributed by atoms with van der Waals surface area (Å²) in [6.45, 7) is 0.545. The molecule has 0 unspecified atom stereocenters. The molecule has 0 radical (unpaired) electrons. The lowest BCUT2D eigenvalue weighted by Gasteiger charge is -2.11. The maximum Gasteiger partial charge on any atom is 0.243 e. The van der Waals surface area contributed by atoms with E-state index in [1.807, 2.05) is 30.3 Å². The van der Waals surface area contributed by atoms with Crippen LogP contribution in [0.1, 0.15) is 24.8 Å². The molecule has 2 aromatic rings. The van der Waals surface area contributed by atoms with E-state index in [-0.39, 0.29) is 24.7 Å². The van der Waals surface area contributed by atoms with E-state index in [2.05, 4.69) is 26.3 Å². The molecule has 0 bridgehead atoms. The number of nitrogens with zero attached hydrogens (tertiary/aromatic N) is 2. The van der Waals surface area contributed by atoms with Gasteiger partial charge in [0.05, 0.1) is 23.0 Å². The van der Waals surface area contributed by atoms with Crippen molar-refractivity contribution in [3.05, 3.63) is 63.6 Å². The molecule has 1 heterocycles. The van der Waals surface area contributed by atoms with Gasteiger partial charge in [0, 0.05) is 23.7 Å². The van der Waals surface area contributed by atoms with Gasteiger partial charge in [-0.25, -0.2) is 5.01 Å². The summed E-state index contributed by atoms with van der Waals surface area (Å²) < 4.78 is 0.830. The van der Waals surface area contributed by atoms with Gasteiger partial charge in [0.15, 0.2) is 0 Å². The highest BCUT2D eigenvalue weighted by atomic mass is 79.9. The molecule has 0 fully saturated rings. The van der Waals surface area contributed by atoms with Crippen molar-refractivity contribution in [3.63, 3.8) is 0 Å². The molecule has 0 atom stereocenters. The summed E-state index contributed by atoms with van der Waals surface area (Å²) >= 11 is 9.39. The van der Waals surface area contributed by atoms with E-state index in [1.165, 1.54) is 5.01 Å². The monoisotopic (exact) mass is 433 g/mol. The van der Waals surface area contributed by atoms with Crippen molar-refractivity contribution < 1.29 is 9.59 Å². The van der Waals surface area contributed by atoms with E-state index in [0.29, 0.717) is 17.3 Å². The molecule has 5 nitrogen and oxygen atoms in total. The van der Waals surface area contributed by atoms with E-state index in [1.54, 1.807) is 18.2 Å². The summed E-state index contributed by atoms with van der Waals surface area (Å²) in [6.07, 6.45) is 0.903. The number of carbonyl (C=O) groups excluding carboxylic acids is 2. The fraction of sp³-hybridized carbons (Fsp3) is 0.211. The number of halogens is 2. The lowest BCUT2D eigenvalue weighted by atomic mass is 10.1. The molecule has 1 N–H and O–H groups in total. The second-order valence-electron chi connectivity index (χ2n) is 5.85. The van der Waals surface area contributed by atoms with Crippen LogP contribution in [0.15, 0.2) is 58.1 Å². The molecule has 134 valence electrons. The van der Waals surface area contributed by atoms with Crippen LogP contribution >= 0.6 is 27.5 Å². The number of amides is 2. The topological polar surface area (TPSA) is 61.8 Å². The molecule has 0 aromatic heterocycles. The molecule has 0 saturated carbocycles. The fourth-order valence-corrected chi connectivity index (χ4v) is 3.34. The Morgan fingerprint density at radius 1 is 1.15 bits per heavy atom. The summed E-state index contributed by atoms with van der Waals surface area (Å²) in [5, 5.41) is 8.99. The Labute approximate surface area is 165 Å². The number of hydrogen-bond acceptors (Lipinski definition) is 3. The molecule has 0 spiro atoms. The van der Waals surface area contributed by atoms with Gasteiger partial charge in [-0.05, 0) is 23.8 Å². The predicted molar refractivity (Wildman–Crippen MR) is 106 cm³/mol. The van der Waals surface area contributed by atoms with Crippen molar-refractivity contribution in [3.8, 4) is 0 Å². The maximum atomic E-state index is 12.3. The van der Waals surface area contributed by atoms with Crippen LogP contribution < -0.4 is 5.32 Å². The van der Waals surface area contributed by atoms with Crippen molar-refractivity contribution in [1.82, 2.24) is 5.01 Å². The van der Waals surface area contributed by atoms with E-state index in [0.717, 1.165) is 22.2 Å². The van der Waals surface area contributed by atoms with Crippen LogP contribution in [0.2, 0.25) is 5.02 Å². The first-order chi connectivity index (χ1) is 12.5. The smallest absolute Gasteiger partial charge is 0.243 e. The Morgan fingerprint density at radius 3 is 2.65 bits per heavy atom. The zero-order valence-electron chi connectivity index (χ0n) is 13.9. The van der Waals surface area contributed by atoms with Gasteiger partial charge in [-0.3, -0.25) is 9.59 Å². The van der Waals surface area contributed by atoms with Gasteiger partial charge in [-0.2, -0.15) is 5.10 Å². The van der Waals surface area contributed by atoms with Crippen molar-refractivity contribution in [2.75, 3.05) is 11.9 Å². The third kappa shape index (κ3) is 4.71. The lowest BCUT2D eigenvalue weighted by molar-refractivity contribution is -0.132. The average Bonchev–Trinajstić information content (AvgIpc) is 3.13. The highest BCUT2D eigenvalue weighted by molar-refractivity contribution is 9.10. The van der Waals surface area contributed by atoms with Crippen molar-refractivity contribution in [2.45, 2.75) is 19.3 Å². The van der Waals surface area contributed by atoms with Crippen LogP contribution in [0, 0.1) is 0 Å². The van der Waals surface area contributed by atoms with Crippen LogP contribution in [-0.4, -0.2) is 29.1 Å². The zero-order chi connectivity index (χ0) is 18.5. The van der Waals surface area contributed by atoms with Crippen LogP contribution in [0.4, 0.5) is 5.69 Å². The molecular formula is C19H17BrClN3O2. The minimum absolute atomic E-state index is 0.0813. The Bertz CT molecular complexity index is 855. The van der Waals surface area contributed by atoms with E-state index < -0.39 is 0 Å². The van der Waals surface area contributed by atoms with Crippen molar-refractivity contribution in [2.24, 2.45) is 5.10 Å². The second kappa shape index (κ2) is 8.47. The largest absolute Gasteiger partial charge is 0.325 e. The summed E-state index contributed by atoms with van der Waals surface area (Å²) in [6, 6.07) is 15.0. The molecular weight excluding hydrogens is 418 g/mol. The third-order valence-electron chi connectivity index (χ3n) is 3.97. The SMILES string of the molecule is O=C(CCC(=O)N1CCC(c2ccccc2)=N1)Nc1ccc(Br)cc1Cl. The molecule has 1 aliphatic rings. The van der Waals surface area contributed by atoms with Crippen molar-refractivity contribution in [1.29, 1.82) is 0 Å². The fourth-order valence-electron chi connectivity index (χ4n) is 2.62. The van der Waals surface area contributed by atoms with Gasteiger partial charge in [-0.1, -0.05) is 57.9 Å². The minimum atomic E-state index is -0.256. The number of rotatable bonds is 5. The predicted octanol–water partition coefficient (Wildman–Crippen LogP) is 4.46. The molecule has 26 heavy (non-hydrogen) atoms. The molecule has 3 rings (SSSR count).